The smallest absolute Gasteiger partial charge is 0.330 e. The molecule has 0 saturated carbocycles. The van der Waals surface area contributed by atoms with Crippen LogP contribution in [0.3, 0.4) is 0 Å². The van der Waals surface area contributed by atoms with Gasteiger partial charge < -0.3 is 14.4 Å². The Morgan fingerprint density at radius 1 is 1.53 bits per heavy atom. The summed E-state index contributed by atoms with van der Waals surface area (Å²) in [4.78, 5) is 13.6. The molecule has 4 nitrogen and oxygen atoms in total. The minimum atomic E-state index is -0.156. The van der Waals surface area contributed by atoms with E-state index in [0.29, 0.717) is 13.2 Å². The van der Waals surface area contributed by atoms with Crippen LogP contribution < -0.4 is 9.64 Å². The lowest BCUT2D eigenvalue weighted by Gasteiger charge is -2.11. The third-order valence-electron chi connectivity index (χ3n) is 2.81. The number of rotatable bonds is 4. The van der Waals surface area contributed by atoms with Gasteiger partial charge in [-0.15, -0.1) is 0 Å². The Hall–Kier alpha value is -1.71. The fourth-order valence-electron chi connectivity index (χ4n) is 1.87. The molecule has 4 heteroatoms. The summed E-state index contributed by atoms with van der Waals surface area (Å²) in [5, 5.41) is 0. The molecule has 1 unspecified atom stereocenters. The average Bonchev–Trinajstić information content (AvgIpc) is 3.09. The number of methoxy groups -OCH3 is 1. The van der Waals surface area contributed by atoms with Gasteiger partial charge in [0.2, 0.25) is 0 Å². The quantitative estimate of drug-likeness (QED) is 0.588. The number of nitrogens with zero attached hydrogens (tertiary/aromatic N) is 1. The van der Waals surface area contributed by atoms with Crippen LogP contribution in [0.5, 0.6) is 5.75 Å². The zero-order valence-electron chi connectivity index (χ0n) is 10.4. The van der Waals surface area contributed by atoms with Gasteiger partial charge in [-0.05, 0) is 31.5 Å². The van der Waals surface area contributed by atoms with Crippen LogP contribution in [0.1, 0.15) is 12.5 Å². The van der Waals surface area contributed by atoms with Gasteiger partial charge in [-0.3, -0.25) is 0 Å². The highest BCUT2D eigenvalue weighted by Crippen LogP contribution is 2.37. The molecule has 1 aliphatic heterocycles. The van der Waals surface area contributed by atoms with Crippen molar-refractivity contribution in [2.24, 2.45) is 0 Å². The van der Waals surface area contributed by atoms with Crippen molar-refractivity contribution < 1.29 is 14.3 Å². The zero-order chi connectivity index (χ0) is 12.4. The second kappa shape index (κ2) is 4.65. The van der Waals surface area contributed by atoms with Crippen molar-refractivity contribution in [2.45, 2.75) is 19.9 Å². The molecule has 0 aromatic heterocycles. The zero-order valence-corrected chi connectivity index (χ0v) is 10.4. The molecule has 1 fully saturated rings. The van der Waals surface area contributed by atoms with Crippen molar-refractivity contribution in [1.29, 1.82) is 0 Å². The van der Waals surface area contributed by atoms with Crippen molar-refractivity contribution in [2.75, 3.05) is 25.2 Å². The second-order valence-corrected chi connectivity index (χ2v) is 4.10. The van der Waals surface area contributed by atoms with Gasteiger partial charge in [-0.25, -0.2) is 4.79 Å². The Balaban J connectivity index is 2.14. The number of hydrogen-bond acceptors (Lipinski definition) is 4. The molecule has 1 aliphatic rings. The average molecular weight is 235 g/mol. The lowest BCUT2D eigenvalue weighted by molar-refractivity contribution is -0.142. The molecule has 2 rings (SSSR count). The first kappa shape index (κ1) is 11.8. The van der Waals surface area contributed by atoms with Gasteiger partial charge in [0.25, 0.3) is 0 Å². The van der Waals surface area contributed by atoms with Crippen LogP contribution in [-0.4, -0.2) is 32.3 Å². The third-order valence-corrected chi connectivity index (χ3v) is 2.81. The van der Waals surface area contributed by atoms with E-state index in [-0.39, 0.29) is 12.0 Å². The van der Waals surface area contributed by atoms with Crippen molar-refractivity contribution in [3.63, 3.8) is 0 Å². The third kappa shape index (κ3) is 2.35. The van der Waals surface area contributed by atoms with E-state index in [4.69, 9.17) is 9.47 Å². The Kier molecular flexibility index (Phi) is 3.22. The summed E-state index contributed by atoms with van der Waals surface area (Å²) in [6, 6.07) is 5.79. The van der Waals surface area contributed by atoms with Crippen molar-refractivity contribution in [3.8, 4) is 5.75 Å². The van der Waals surface area contributed by atoms with Crippen molar-refractivity contribution in [3.05, 3.63) is 23.8 Å². The van der Waals surface area contributed by atoms with E-state index in [2.05, 4.69) is 0 Å². The van der Waals surface area contributed by atoms with E-state index in [1.165, 1.54) is 0 Å². The van der Waals surface area contributed by atoms with Gasteiger partial charge in [0.05, 0.1) is 25.9 Å². The van der Waals surface area contributed by atoms with Crippen molar-refractivity contribution >= 4 is 11.7 Å². The number of hydrogen-bond donors (Lipinski definition) is 0. The van der Waals surface area contributed by atoms with E-state index >= 15 is 0 Å². The van der Waals surface area contributed by atoms with Crippen LogP contribution in [0.25, 0.3) is 0 Å². The maximum atomic E-state index is 11.6. The lowest BCUT2D eigenvalue weighted by Crippen LogP contribution is -2.16. The summed E-state index contributed by atoms with van der Waals surface area (Å²) in [6.07, 6.45) is 0. The predicted molar refractivity (Wildman–Crippen MR) is 65.5 cm³/mol. The Bertz CT molecular complexity index is 431. The molecule has 0 spiro atoms. The lowest BCUT2D eigenvalue weighted by atomic mass is 10.2. The molecule has 0 radical (unpaired) electrons. The largest absolute Gasteiger partial charge is 0.495 e. The van der Waals surface area contributed by atoms with Gasteiger partial charge in [0, 0.05) is 0 Å². The van der Waals surface area contributed by atoms with E-state index < -0.39 is 0 Å². The molecule has 1 saturated heterocycles. The molecule has 1 heterocycles. The molecule has 1 atom stereocenters. The number of ether oxygens (including phenoxy) is 2. The van der Waals surface area contributed by atoms with E-state index in [9.17, 15) is 4.79 Å². The topological polar surface area (TPSA) is 38.5 Å². The van der Waals surface area contributed by atoms with E-state index in [1.807, 2.05) is 36.9 Å². The Labute approximate surface area is 101 Å². The van der Waals surface area contributed by atoms with Gasteiger partial charge in [0.1, 0.15) is 11.8 Å². The maximum absolute atomic E-state index is 11.6. The molecule has 1 aromatic carbocycles. The second-order valence-electron chi connectivity index (χ2n) is 4.10. The highest BCUT2D eigenvalue weighted by molar-refractivity contribution is 5.87. The van der Waals surface area contributed by atoms with Crippen LogP contribution in [0.15, 0.2) is 18.2 Å². The summed E-state index contributed by atoms with van der Waals surface area (Å²) >= 11 is 0. The summed E-state index contributed by atoms with van der Waals surface area (Å²) in [5.41, 5.74) is 2.11. The normalized spacial score (nSPS) is 17.8. The first-order valence-corrected chi connectivity index (χ1v) is 5.75. The number of esters is 1. The maximum Gasteiger partial charge on any atom is 0.330 e. The molecular formula is C13H17NO3. The van der Waals surface area contributed by atoms with Crippen LogP contribution in [0.4, 0.5) is 5.69 Å². The molecule has 92 valence electrons. The summed E-state index contributed by atoms with van der Waals surface area (Å²) in [7, 11) is 1.64. The fraction of sp³-hybridized carbons (Fsp3) is 0.462. The molecule has 0 N–H and O–H groups in total. The predicted octanol–water partition coefficient (Wildman–Crippen LogP) is 1.76. The number of carbonyl (C=O) groups is 1. The molecule has 0 aliphatic carbocycles. The monoisotopic (exact) mass is 235 g/mol. The highest BCUT2D eigenvalue weighted by Gasteiger charge is 2.43. The first-order chi connectivity index (χ1) is 8.17. The molecule has 0 amide bonds. The van der Waals surface area contributed by atoms with E-state index in [1.54, 1.807) is 7.11 Å². The molecular weight excluding hydrogens is 218 g/mol. The van der Waals surface area contributed by atoms with Crippen LogP contribution in [0, 0.1) is 6.92 Å². The summed E-state index contributed by atoms with van der Waals surface area (Å²) < 4.78 is 10.3. The minimum absolute atomic E-state index is 0.148. The number of carbonyl (C=O) groups excluding carboxylic acids is 1. The minimum Gasteiger partial charge on any atom is -0.495 e. The molecule has 0 bridgehead atoms. The fourth-order valence-corrected chi connectivity index (χ4v) is 1.87. The first-order valence-electron chi connectivity index (χ1n) is 5.75. The van der Waals surface area contributed by atoms with Gasteiger partial charge in [-0.2, -0.15) is 0 Å². The van der Waals surface area contributed by atoms with Gasteiger partial charge in [0.15, 0.2) is 0 Å². The number of aryl methyl sites for hydroxylation is 1. The van der Waals surface area contributed by atoms with Crippen LogP contribution in [0.2, 0.25) is 0 Å². The van der Waals surface area contributed by atoms with Gasteiger partial charge >= 0.3 is 5.97 Å². The SMILES string of the molecule is CCOC(=O)C1CN1c1cc(C)ccc1OC. The van der Waals surface area contributed by atoms with E-state index in [0.717, 1.165) is 17.0 Å². The summed E-state index contributed by atoms with van der Waals surface area (Å²) in [5.74, 6) is 0.637. The molecule has 17 heavy (non-hydrogen) atoms. The standard InChI is InChI=1S/C13H17NO3/c1-4-17-13(15)11-8-14(11)10-7-9(2)5-6-12(10)16-3/h5-7,11H,4,8H2,1-3H3. The Morgan fingerprint density at radius 3 is 2.94 bits per heavy atom. The molecule has 1 aromatic rings. The summed E-state index contributed by atoms with van der Waals surface area (Å²) in [6.45, 7) is 4.97. The Morgan fingerprint density at radius 2 is 2.29 bits per heavy atom. The van der Waals surface area contributed by atoms with Crippen LogP contribution >= 0.6 is 0 Å². The van der Waals surface area contributed by atoms with Crippen molar-refractivity contribution in [1.82, 2.24) is 0 Å². The van der Waals surface area contributed by atoms with Gasteiger partial charge in [-0.1, -0.05) is 6.07 Å². The van der Waals surface area contributed by atoms with Crippen LogP contribution in [-0.2, 0) is 9.53 Å². The number of benzene rings is 1. The highest BCUT2D eigenvalue weighted by atomic mass is 16.5. The number of anilines is 1.